The van der Waals surface area contributed by atoms with Gasteiger partial charge >= 0.3 is 5.69 Å². The highest BCUT2D eigenvalue weighted by atomic mass is 32.1. The van der Waals surface area contributed by atoms with E-state index in [-0.39, 0.29) is 21.7 Å². The molecule has 3 rings (SSSR count). The minimum Gasteiger partial charge on any atom is -0.493 e. The Balaban J connectivity index is 2.13. The van der Waals surface area contributed by atoms with Gasteiger partial charge in [-0.3, -0.25) is 19.1 Å². The molecule has 3 N–H and O–H groups in total. The molecule has 0 bridgehead atoms. The van der Waals surface area contributed by atoms with Crippen LogP contribution in [0.4, 0.5) is 5.69 Å². The van der Waals surface area contributed by atoms with Gasteiger partial charge in [-0.1, -0.05) is 0 Å². The van der Waals surface area contributed by atoms with E-state index in [1.807, 2.05) is 0 Å². The SMILES string of the molecule is COCCCn1c(=O)[nH]c(=O)c2c(N)c(C(=O)c3ccc(OC)c(OC)c3)sc21. The lowest BCUT2D eigenvalue weighted by molar-refractivity contribution is 0.104. The molecule has 0 saturated carbocycles. The Morgan fingerprint density at radius 2 is 1.90 bits per heavy atom. The highest BCUT2D eigenvalue weighted by molar-refractivity contribution is 7.21. The Hall–Kier alpha value is -3.11. The molecule has 0 radical (unpaired) electrons. The van der Waals surface area contributed by atoms with Crippen LogP contribution in [0.1, 0.15) is 21.7 Å². The van der Waals surface area contributed by atoms with Crippen molar-refractivity contribution in [2.24, 2.45) is 0 Å². The summed E-state index contributed by atoms with van der Waals surface area (Å²) >= 11 is 1.02. The normalized spacial score (nSPS) is 11.0. The van der Waals surface area contributed by atoms with Crippen LogP contribution in [0.25, 0.3) is 10.2 Å². The molecule has 154 valence electrons. The van der Waals surface area contributed by atoms with Gasteiger partial charge in [-0.2, -0.15) is 0 Å². The fraction of sp³-hybridized carbons (Fsp3) is 0.316. The summed E-state index contributed by atoms with van der Waals surface area (Å²) < 4.78 is 16.9. The number of anilines is 1. The molecular weight excluding hydrogens is 398 g/mol. The van der Waals surface area contributed by atoms with Crippen LogP contribution in [0, 0.1) is 0 Å². The molecule has 0 unspecified atom stereocenters. The van der Waals surface area contributed by atoms with Gasteiger partial charge in [0.2, 0.25) is 5.78 Å². The number of aromatic nitrogens is 2. The van der Waals surface area contributed by atoms with Crippen molar-refractivity contribution < 1.29 is 19.0 Å². The maximum absolute atomic E-state index is 13.1. The number of nitrogens with zero attached hydrogens (tertiary/aromatic N) is 1. The van der Waals surface area contributed by atoms with Crippen molar-refractivity contribution in [3.05, 3.63) is 49.5 Å². The second-order valence-electron chi connectivity index (χ2n) is 6.18. The van der Waals surface area contributed by atoms with E-state index in [1.165, 1.54) is 18.8 Å². The number of ether oxygens (including phenoxy) is 3. The van der Waals surface area contributed by atoms with Gasteiger partial charge in [0, 0.05) is 25.8 Å². The maximum Gasteiger partial charge on any atom is 0.329 e. The zero-order valence-electron chi connectivity index (χ0n) is 16.2. The minimum absolute atomic E-state index is 0.0477. The second-order valence-corrected chi connectivity index (χ2v) is 7.18. The first-order valence-electron chi connectivity index (χ1n) is 8.73. The smallest absolute Gasteiger partial charge is 0.329 e. The summed E-state index contributed by atoms with van der Waals surface area (Å²) in [7, 11) is 4.53. The first kappa shape index (κ1) is 20.6. The number of H-pyrrole nitrogens is 1. The molecular formula is C19H21N3O6S. The molecule has 3 aromatic rings. The first-order valence-corrected chi connectivity index (χ1v) is 9.55. The van der Waals surface area contributed by atoms with Gasteiger partial charge in [-0.05, 0) is 24.6 Å². The molecule has 0 spiro atoms. The fourth-order valence-electron chi connectivity index (χ4n) is 3.01. The fourth-order valence-corrected chi connectivity index (χ4v) is 4.21. The van der Waals surface area contributed by atoms with E-state index in [0.29, 0.717) is 41.5 Å². The number of thiophene rings is 1. The van der Waals surface area contributed by atoms with Crippen molar-refractivity contribution in [1.82, 2.24) is 9.55 Å². The van der Waals surface area contributed by atoms with Gasteiger partial charge in [0.25, 0.3) is 5.56 Å². The number of ketones is 1. The van der Waals surface area contributed by atoms with Crippen LogP contribution in [0.2, 0.25) is 0 Å². The van der Waals surface area contributed by atoms with E-state index in [0.717, 1.165) is 11.3 Å². The number of methoxy groups -OCH3 is 3. The van der Waals surface area contributed by atoms with Crippen molar-refractivity contribution in [2.75, 3.05) is 33.7 Å². The number of nitrogen functional groups attached to an aromatic ring is 1. The molecule has 0 saturated heterocycles. The molecule has 0 aliphatic carbocycles. The van der Waals surface area contributed by atoms with Crippen LogP contribution in [0.15, 0.2) is 27.8 Å². The first-order chi connectivity index (χ1) is 13.9. The average molecular weight is 419 g/mol. The van der Waals surface area contributed by atoms with E-state index in [4.69, 9.17) is 19.9 Å². The van der Waals surface area contributed by atoms with Crippen molar-refractivity contribution >= 4 is 33.0 Å². The summed E-state index contributed by atoms with van der Waals surface area (Å²) in [4.78, 5) is 40.5. The van der Waals surface area contributed by atoms with E-state index in [9.17, 15) is 14.4 Å². The second kappa shape index (κ2) is 8.50. The number of hydrogen-bond acceptors (Lipinski definition) is 8. The van der Waals surface area contributed by atoms with Crippen LogP contribution < -0.4 is 26.5 Å². The lowest BCUT2D eigenvalue weighted by Gasteiger charge is -2.08. The highest BCUT2D eigenvalue weighted by Crippen LogP contribution is 2.34. The summed E-state index contributed by atoms with van der Waals surface area (Å²) in [6.07, 6.45) is 0.564. The molecule has 9 nitrogen and oxygen atoms in total. The molecule has 1 aromatic carbocycles. The van der Waals surface area contributed by atoms with Gasteiger partial charge in [0.1, 0.15) is 9.71 Å². The van der Waals surface area contributed by atoms with E-state index in [1.54, 1.807) is 25.3 Å². The summed E-state index contributed by atoms with van der Waals surface area (Å²) in [5, 5.41) is 0.135. The number of carbonyl (C=O) groups excluding carboxylic acids is 1. The third-order valence-corrected chi connectivity index (χ3v) is 5.67. The Morgan fingerprint density at radius 1 is 1.17 bits per heavy atom. The van der Waals surface area contributed by atoms with Crippen molar-refractivity contribution in [3.63, 3.8) is 0 Å². The quantitative estimate of drug-likeness (QED) is 0.420. The Morgan fingerprint density at radius 3 is 2.55 bits per heavy atom. The topological polar surface area (TPSA) is 126 Å². The van der Waals surface area contributed by atoms with E-state index in [2.05, 4.69) is 4.98 Å². The number of carbonyl (C=O) groups is 1. The number of rotatable bonds is 8. The van der Waals surface area contributed by atoms with E-state index < -0.39 is 11.2 Å². The third-order valence-electron chi connectivity index (χ3n) is 4.45. The Kier molecular flexibility index (Phi) is 6.04. The van der Waals surface area contributed by atoms with Crippen molar-refractivity contribution in [3.8, 4) is 11.5 Å². The average Bonchev–Trinajstić information content (AvgIpc) is 3.06. The molecule has 0 fully saturated rings. The molecule has 0 aliphatic rings. The monoisotopic (exact) mass is 419 g/mol. The third kappa shape index (κ3) is 3.76. The van der Waals surface area contributed by atoms with Crippen molar-refractivity contribution in [1.29, 1.82) is 0 Å². The van der Waals surface area contributed by atoms with Crippen LogP contribution >= 0.6 is 11.3 Å². The van der Waals surface area contributed by atoms with Crippen LogP contribution in [-0.2, 0) is 11.3 Å². The number of hydrogen-bond donors (Lipinski definition) is 2. The lowest BCUT2D eigenvalue weighted by atomic mass is 10.1. The number of nitrogens with two attached hydrogens (primary N) is 1. The Labute approximate surface area is 169 Å². The summed E-state index contributed by atoms with van der Waals surface area (Å²) in [6.45, 7) is 0.773. The molecule has 2 aromatic heterocycles. The van der Waals surface area contributed by atoms with Crippen LogP contribution in [0.3, 0.4) is 0 Å². The predicted molar refractivity (Wildman–Crippen MR) is 111 cm³/mol. The lowest BCUT2D eigenvalue weighted by Crippen LogP contribution is -2.30. The van der Waals surface area contributed by atoms with Gasteiger partial charge in [0.15, 0.2) is 11.5 Å². The number of aryl methyl sites for hydroxylation is 1. The zero-order chi connectivity index (χ0) is 21.1. The molecule has 29 heavy (non-hydrogen) atoms. The number of fused-ring (bicyclic) bond motifs is 1. The summed E-state index contributed by atoms with van der Waals surface area (Å²) in [5.74, 6) is 0.504. The Bertz CT molecular complexity index is 1180. The van der Waals surface area contributed by atoms with Gasteiger partial charge in [-0.25, -0.2) is 4.79 Å². The van der Waals surface area contributed by atoms with Crippen LogP contribution in [-0.4, -0.2) is 43.3 Å². The van der Waals surface area contributed by atoms with Crippen molar-refractivity contribution in [2.45, 2.75) is 13.0 Å². The standard InChI is InChI=1S/C19H21N3O6S/c1-26-8-4-7-22-18-13(17(24)21-19(22)25)14(20)16(29-18)15(23)10-5-6-11(27-2)12(9-10)28-3/h5-6,9H,4,7-8,20H2,1-3H3,(H,21,24,25). The number of benzene rings is 1. The molecule has 10 heteroatoms. The van der Waals surface area contributed by atoms with E-state index >= 15 is 0 Å². The molecule has 0 atom stereocenters. The van der Waals surface area contributed by atoms with Crippen LogP contribution in [0.5, 0.6) is 11.5 Å². The molecule has 0 amide bonds. The molecule has 2 heterocycles. The predicted octanol–water partition coefficient (Wildman–Crippen LogP) is 1.62. The largest absolute Gasteiger partial charge is 0.493 e. The van der Waals surface area contributed by atoms with Gasteiger partial charge in [-0.15, -0.1) is 11.3 Å². The zero-order valence-corrected chi connectivity index (χ0v) is 17.1. The maximum atomic E-state index is 13.1. The summed E-state index contributed by atoms with van der Waals surface area (Å²) in [6, 6.07) is 4.74. The van der Waals surface area contributed by atoms with Gasteiger partial charge in [0.05, 0.1) is 25.3 Å². The highest BCUT2D eigenvalue weighted by Gasteiger charge is 2.23. The van der Waals surface area contributed by atoms with Gasteiger partial charge < -0.3 is 19.9 Å². The molecule has 0 aliphatic heterocycles. The minimum atomic E-state index is -0.617. The number of aromatic amines is 1. The number of nitrogens with one attached hydrogen (secondary N) is 1. The summed E-state index contributed by atoms with van der Waals surface area (Å²) in [5.41, 5.74) is 5.36.